The molecule has 0 saturated carbocycles. The van der Waals surface area contributed by atoms with Crippen LogP contribution < -0.4 is 5.56 Å². The van der Waals surface area contributed by atoms with Gasteiger partial charge in [0.2, 0.25) is 0 Å². The fraction of sp³-hybridized carbons (Fsp3) is 0.0400. The predicted molar refractivity (Wildman–Crippen MR) is 125 cm³/mol. The Labute approximate surface area is 194 Å². The normalized spacial score (nSPS) is 11.3. The number of hydrogen-bond acceptors (Lipinski definition) is 4. The molecule has 0 atom stereocenters. The van der Waals surface area contributed by atoms with Gasteiger partial charge in [0.25, 0.3) is 11.2 Å². The number of nitrogens with one attached hydrogen (secondary N) is 1. The van der Waals surface area contributed by atoms with Gasteiger partial charge in [0.05, 0.1) is 22.5 Å². The van der Waals surface area contributed by atoms with Crippen LogP contribution in [-0.2, 0) is 6.54 Å². The molecular weight excluding hydrogens is 460 g/mol. The zero-order chi connectivity index (χ0) is 24.9. The number of hydrogen-bond donors (Lipinski definition) is 2. The van der Waals surface area contributed by atoms with Crippen LogP contribution in [0.5, 0.6) is 0 Å². The van der Waals surface area contributed by atoms with Crippen LogP contribution in [0.15, 0.2) is 71.7 Å². The van der Waals surface area contributed by atoms with Crippen molar-refractivity contribution in [1.82, 2.24) is 9.55 Å². The van der Waals surface area contributed by atoms with Crippen molar-refractivity contribution in [2.75, 3.05) is 0 Å². The molecular formula is C25H15F2N3O5. The number of nitrogens with zero attached hydrogens (tertiary/aromatic N) is 2. The number of rotatable bonds is 5. The summed E-state index contributed by atoms with van der Waals surface area (Å²) in [6.45, 7) is -0.450. The van der Waals surface area contributed by atoms with E-state index in [1.165, 1.54) is 24.4 Å². The van der Waals surface area contributed by atoms with Gasteiger partial charge >= 0.3 is 5.97 Å². The van der Waals surface area contributed by atoms with E-state index in [1.54, 1.807) is 18.2 Å². The fourth-order valence-corrected chi connectivity index (χ4v) is 4.40. The second-order valence-electron chi connectivity index (χ2n) is 7.86. The minimum atomic E-state index is -1.44. The van der Waals surface area contributed by atoms with E-state index in [0.29, 0.717) is 10.8 Å². The van der Waals surface area contributed by atoms with Crippen LogP contribution in [0.3, 0.4) is 0 Å². The largest absolute Gasteiger partial charge is 0.477 e. The van der Waals surface area contributed by atoms with Crippen LogP contribution in [-0.4, -0.2) is 25.6 Å². The molecule has 3 aromatic carbocycles. The maximum absolute atomic E-state index is 15.1. The predicted octanol–water partition coefficient (Wildman–Crippen LogP) is 5.08. The molecule has 2 N–H and O–H groups in total. The number of carboxylic acids is 1. The highest BCUT2D eigenvalue weighted by molar-refractivity contribution is 6.18. The first-order chi connectivity index (χ1) is 16.8. The van der Waals surface area contributed by atoms with Gasteiger partial charge in [-0.05, 0) is 29.7 Å². The standard InChI is InChI=1S/C25H15F2N3O5/c26-18-8-7-14(30(34)35)10-13(18)12-29-20-11-19(27)15-4-1-2-5-16(15)21(20)22(23(29)25(32)33)17-6-3-9-28-24(17)31/h1-11H,12H2,(H,28,31)(H,32,33). The molecule has 2 aromatic heterocycles. The van der Waals surface area contributed by atoms with Gasteiger partial charge in [-0.25, -0.2) is 13.6 Å². The molecule has 0 saturated heterocycles. The van der Waals surface area contributed by atoms with Gasteiger partial charge in [-0.3, -0.25) is 14.9 Å². The summed E-state index contributed by atoms with van der Waals surface area (Å²) in [5.41, 5.74) is -1.32. The first kappa shape index (κ1) is 22.0. The lowest BCUT2D eigenvalue weighted by atomic mass is 9.98. The quantitative estimate of drug-likeness (QED) is 0.271. The van der Waals surface area contributed by atoms with Crippen LogP contribution in [0.1, 0.15) is 16.1 Å². The molecule has 0 aliphatic carbocycles. The summed E-state index contributed by atoms with van der Waals surface area (Å²) in [6, 6.07) is 13.4. The average Bonchev–Trinajstić information content (AvgIpc) is 3.15. The van der Waals surface area contributed by atoms with Crippen molar-refractivity contribution >= 4 is 33.3 Å². The average molecular weight is 475 g/mol. The number of carboxylic acid groups (broad SMARTS) is 1. The highest BCUT2D eigenvalue weighted by Gasteiger charge is 2.28. The number of pyridine rings is 1. The van der Waals surface area contributed by atoms with E-state index < -0.39 is 34.6 Å². The number of aromatic amines is 1. The summed E-state index contributed by atoms with van der Waals surface area (Å²) >= 11 is 0. The Morgan fingerprint density at radius 2 is 1.77 bits per heavy atom. The van der Waals surface area contributed by atoms with Gasteiger partial charge in [-0.2, -0.15) is 0 Å². The third-order valence-corrected chi connectivity index (χ3v) is 5.88. The van der Waals surface area contributed by atoms with Crippen molar-refractivity contribution in [3.8, 4) is 11.1 Å². The number of benzene rings is 3. The van der Waals surface area contributed by atoms with Crippen LogP contribution in [0.25, 0.3) is 32.8 Å². The number of halogens is 2. The van der Waals surface area contributed by atoms with E-state index >= 15 is 4.39 Å². The SMILES string of the molecule is O=C(O)c1c(-c2ccc[nH]c2=O)c2c3ccccc3c(F)cc2n1Cc1cc([N+](=O)[O-])ccc1F. The highest BCUT2D eigenvalue weighted by atomic mass is 19.1. The van der Waals surface area contributed by atoms with Crippen molar-refractivity contribution < 1.29 is 23.6 Å². The van der Waals surface area contributed by atoms with Crippen LogP contribution in [0, 0.1) is 21.7 Å². The van der Waals surface area contributed by atoms with Gasteiger partial charge < -0.3 is 14.7 Å². The number of non-ortho nitro benzene ring substituents is 1. The topological polar surface area (TPSA) is 118 Å². The summed E-state index contributed by atoms with van der Waals surface area (Å²) in [7, 11) is 0. The molecule has 0 spiro atoms. The molecule has 10 heteroatoms. The first-order valence-electron chi connectivity index (χ1n) is 10.4. The number of fused-ring (bicyclic) bond motifs is 3. The minimum absolute atomic E-state index is 0.0323. The lowest BCUT2D eigenvalue weighted by Gasteiger charge is -2.11. The number of H-pyrrole nitrogens is 1. The Morgan fingerprint density at radius 1 is 1.03 bits per heavy atom. The molecule has 0 amide bonds. The van der Waals surface area contributed by atoms with Gasteiger partial charge in [-0.1, -0.05) is 24.3 Å². The van der Waals surface area contributed by atoms with Crippen molar-refractivity contribution in [3.63, 3.8) is 0 Å². The Hall–Kier alpha value is -4.86. The third kappa shape index (κ3) is 3.52. The number of aromatic carboxylic acids is 1. The van der Waals surface area contributed by atoms with Gasteiger partial charge in [0, 0.05) is 40.2 Å². The molecule has 0 aliphatic rings. The molecule has 174 valence electrons. The van der Waals surface area contributed by atoms with Crippen LogP contribution in [0.4, 0.5) is 14.5 Å². The molecule has 8 nitrogen and oxygen atoms in total. The van der Waals surface area contributed by atoms with Crippen molar-refractivity contribution in [1.29, 1.82) is 0 Å². The van der Waals surface area contributed by atoms with E-state index in [1.807, 2.05) is 0 Å². The molecule has 2 heterocycles. The van der Waals surface area contributed by atoms with Crippen molar-refractivity contribution in [2.24, 2.45) is 0 Å². The van der Waals surface area contributed by atoms with Gasteiger partial charge in [-0.15, -0.1) is 0 Å². The smallest absolute Gasteiger partial charge is 0.353 e. The fourth-order valence-electron chi connectivity index (χ4n) is 4.40. The van der Waals surface area contributed by atoms with Crippen molar-refractivity contribution in [3.05, 3.63) is 110 Å². The maximum atomic E-state index is 15.1. The zero-order valence-corrected chi connectivity index (χ0v) is 17.8. The van der Waals surface area contributed by atoms with Crippen molar-refractivity contribution in [2.45, 2.75) is 6.54 Å². The maximum Gasteiger partial charge on any atom is 0.353 e. The zero-order valence-electron chi connectivity index (χ0n) is 17.8. The lowest BCUT2D eigenvalue weighted by molar-refractivity contribution is -0.385. The Bertz CT molecular complexity index is 1740. The first-order valence-corrected chi connectivity index (χ1v) is 10.4. The van der Waals surface area contributed by atoms with Gasteiger partial charge in [0.1, 0.15) is 17.3 Å². The molecule has 5 aromatic rings. The van der Waals surface area contributed by atoms with E-state index in [0.717, 1.165) is 28.8 Å². The third-order valence-electron chi connectivity index (χ3n) is 5.88. The molecule has 35 heavy (non-hydrogen) atoms. The monoisotopic (exact) mass is 475 g/mol. The van der Waals surface area contributed by atoms with Crippen LogP contribution in [0.2, 0.25) is 0 Å². The Morgan fingerprint density at radius 3 is 2.46 bits per heavy atom. The van der Waals surface area contributed by atoms with E-state index in [4.69, 9.17) is 0 Å². The van der Waals surface area contributed by atoms with Gasteiger partial charge in [0.15, 0.2) is 0 Å². The summed E-state index contributed by atoms with van der Waals surface area (Å²) in [4.78, 5) is 38.3. The molecule has 0 bridgehead atoms. The molecule has 0 aliphatic heterocycles. The van der Waals surface area contributed by atoms with E-state index in [9.17, 15) is 29.2 Å². The van der Waals surface area contributed by atoms with Crippen LogP contribution >= 0.6 is 0 Å². The molecule has 0 radical (unpaired) electrons. The van der Waals surface area contributed by atoms with E-state index in [2.05, 4.69) is 4.98 Å². The summed E-state index contributed by atoms with van der Waals surface area (Å²) in [6.07, 6.45) is 1.39. The van der Waals surface area contributed by atoms with E-state index in [-0.39, 0.29) is 39.0 Å². The molecule has 5 rings (SSSR count). The minimum Gasteiger partial charge on any atom is -0.477 e. The highest BCUT2D eigenvalue weighted by Crippen LogP contribution is 2.40. The number of aromatic nitrogens is 2. The molecule has 0 unspecified atom stereocenters. The summed E-state index contributed by atoms with van der Waals surface area (Å²) < 4.78 is 30.9. The molecule has 0 fully saturated rings. The Kier molecular flexibility index (Phi) is 5.13. The number of nitro groups is 1. The second-order valence-corrected chi connectivity index (χ2v) is 7.86. The summed E-state index contributed by atoms with van der Waals surface area (Å²) in [5, 5.41) is 22.3. The Balaban J connectivity index is 1.94. The number of nitro benzene ring substituents is 1. The summed E-state index contributed by atoms with van der Waals surface area (Å²) in [5.74, 6) is -2.87. The lowest BCUT2D eigenvalue weighted by Crippen LogP contribution is -2.14. The second kappa shape index (κ2) is 8.17. The number of carbonyl (C=O) groups is 1.